The summed E-state index contributed by atoms with van der Waals surface area (Å²) < 4.78 is 1.02. The van der Waals surface area contributed by atoms with Crippen LogP contribution in [0.5, 0.6) is 0 Å². The molecular weight excluding hydrogens is 388 g/mol. The fraction of sp³-hybridized carbons (Fsp3) is 0.955. The molecule has 0 aromatic rings. The van der Waals surface area contributed by atoms with Crippen LogP contribution in [0.1, 0.15) is 104 Å². The van der Waals surface area contributed by atoms with Gasteiger partial charge in [-0.05, 0) is 19.3 Å². The summed E-state index contributed by atoms with van der Waals surface area (Å²) in [5.74, 6) is 0.244. The highest BCUT2D eigenvalue weighted by Crippen LogP contribution is 2.10. The predicted octanol–water partition coefficient (Wildman–Crippen LogP) is 2.68. The molecule has 0 aliphatic carbocycles. The second kappa shape index (κ2) is 19.7. The molecule has 0 rings (SSSR count). The highest BCUT2D eigenvalue weighted by atomic mass is 79.9. The molecule has 1 amide bonds. The number of carbonyl (C=O) groups excluding carboxylic acids is 1. The Bertz CT molecular complexity index is 309. The van der Waals surface area contributed by atoms with Gasteiger partial charge < -0.3 is 26.8 Å². The Morgan fingerprint density at radius 2 is 1.15 bits per heavy atom. The first-order chi connectivity index (χ1) is 12.0. The van der Waals surface area contributed by atoms with E-state index >= 15 is 0 Å². The van der Waals surface area contributed by atoms with Gasteiger partial charge in [-0.1, -0.05) is 78.1 Å². The first kappa shape index (κ1) is 28.1. The molecule has 0 saturated carbocycles. The monoisotopic (exact) mass is 434 g/mol. The van der Waals surface area contributed by atoms with Gasteiger partial charge in [0.05, 0.1) is 33.7 Å². The van der Waals surface area contributed by atoms with Crippen LogP contribution in [0.15, 0.2) is 0 Å². The molecule has 0 aliphatic rings. The number of hydrogen-bond donors (Lipinski definition) is 1. The van der Waals surface area contributed by atoms with Gasteiger partial charge in [0.25, 0.3) is 0 Å². The summed E-state index contributed by atoms with van der Waals surface area (Å²) in [6, 6.07) is 0. The number of nitrogens with zero attached hydrogens (tertiary/aromatic N) is 1. The zero-order valence-corrected chi connectivity index (χ0v) is 19.8. The Balaban J connectivity index is 0. The minimum absolute atomic E-state index is 0. The lowest BCUT2D eigenvalue weighted by molar-refractivity contribution is -0.889. The number of rotatable bonds is 18. The Kier molecular flexibility index (Phi) is 21.3. The van der Waals surface area contributed by atoms with Crippen molar-refractivity contribution >= 4 is 5.91 Å². The van der Waals surface area contributed by atoms with Gasteiger partial charge in [-0.15, -0.1) is 0 Å². The lowest BCUT2D eigenvalue weighted by atomic mass is 10.1. The number of amides is 1. The molecular formula is C22H47BrN2O. The van der Waals surface area contributed by atoms with Crippen LogP contribution in [0.4, 0.5) is 0 Å². The maximum atomic E-state index is 11.9. The van der Waals surface area contributed by atoms with E-state index < -0.39 is 0 Å². The molecule has 0 bridgehead atoms. The molecule has 0 aromatic carbocycles. The van der Waals surface area contributed by atoms with Gasteiger partial charge in [0.2, 0.25) is 5.91 Å². The van der Waals surface area contributed by atoms with Crippen molar-refractivity contribution in [1.29, 1.82) is 0 Å². The van der Waals surface area contributed by atoms with Crippen molar-refractivity contribution in [2.45, 2.75) is 104 Å². The van der Waals surface area contributed by atoms with Crippen molar-refractivity contribution in [2.24, 2.45) is 0 Å². The van der Waals surface area contributed by atoms with Crippen LogP contribution in [-0.4, -0.2) is 44.1 Å². The Hall–Kier alpha value is -0.0900. The van der Waals surface area contributed by atoms with Gasteiger partial charge in [0.1, 0.15) is 0 Å². The second-order valence-electron chi connectivity index (χ2n) is 8.37. The van der Waals surface area contributed by atoms with Gasteiger partial charge in [0, 0.05) is 6.42 Å². The molecule has 4 heteroatoms. The minimum Gasteiger partial charge on any atom is -1.00 e. The molecule has 0 aliphatic heterocycles. The van der Waals surface area contributed by atoms with Crippen molar-refractivity contribution in [3.63, 3.8) is 0 Å². The topological polar surface area (TPSA) is 29.1 Å². The molecule has 0 radical (unpaired) electrons. The molecule has 3 nitrogen and oxygen atoms in total. The van der Waals surface area contributed by atoms with Crippen LogP contribution in [0.2, 0.25) is 0 Å². The third-order valence-corrected chi connectivity index (χ3v) is 5.16. The third kappa shape index (κ3) is 20.2. The maximum Gasteiger partial charge on any atom is 0.220 e. The van der Waals surface area contributed by atoms with E-state index in [1.165, 1.54) is 83.6 Å². The van der Waals surface area contributed by atoms with Gasteiger partial charge in [-0.3, -0.25) is 4.79 Å². The summed E-state index contributed by atoms with van der Waals surface area (Å²) in [6.45, 7) is 7.59. The SMILES string of the molecule is CCCCCCCCCCCC(=O)NCC[N+](C)(C)CCCCCC.[Br-]. The average Bonchev–Trinajstić information content (AvgIpc) is 2.57. The Morgan fingerprint density at radius 3 is 1.69 bits per heavy atom. The van der Waals surface area contributed by atoms with Crippen molar-refractivity contribution in [1.82, 2.24) is 5.32 Å². The summed E-state index contributed by atoms with van der Waals surface area (Å²) in [7, 11) is 4.55. The second-order valence-corrected chi connectivity index (χ2v) is 8.37. The summed E-state index contributed by atoms with van der Waals surface area (Å²) in [6.07, 6.45) is 17.7. The summed E-state index contributed by atoms with van der Waals surface area (Å²) >= 11 is 0. The lowest BCUT2D eigenvalue weighted by Gasteiger charge is -2.30. The zero-order chi connectivity index (χ0) is 18.8. The van der Waals surface area contributed by atoms with Crippen molar-refractivity contribution < 1.29 is 26.3 Å². The molecule has 0 aromatic heterocycles. The molecule has 0 fully saturated rings. The van der Waals surface area contributed by atoms with Crippen molar-refractivity contribution in [2.75, 3.05) is 33.7 Å². The van der Waals surface area contributed by atoms with E-state index in [-0.39, 0.29) is 22.9 Å². The minimum atomic E-state index is 0. The maximum absolute atomic E-state index is 11.9. The van der Waals surface area contributed by atoms with Crippen molar-refractivity contribution in [3.8, 4) is 0 Å². The fourth-order valence-electron chi connectivity index (χ4n) is 3.26. The number of hydrogen-bond acceptors (Lipinski definition) is 1. The number of halogens is 1. The average molecular weight is 436 g/mol. The number of likely N-dealkylation sites (N-methyl/N-ethyl adjacent to an activating group) is 1. The van der Waals surface area contributed by atoms with E-state index in [1.807, 2.05) is 0 Å². The molecule has 0 heterocycles. The Labute approximate surface area is 175 Å². The van der Waals surface area contributed by atoms with Crippen LogP contribution in [0, 0.1) is 0 Å². The van der Waals surface area contributed by atoms with E-state index in [2.05, 4.69) is 33.3 Å². The highest BCUT2D eigenvalue weighted by Gasteiger charge is 2.14. The van der Waals surface area contributed by atoms with Crippen molar-refractivity contribution in [3.05, 3.63) is 0 Å². The van der Waals surface area contributed by atoms with Crippen LogP contribution in [-0.2, 0) is 4.79 Å². The summed E-state index contributed by atoms with van der Waals surface area (Å²) in [4.78, 5) is 11.9. The molecule has 0 saturated heterocycles. The molecule has 0 spiro atoms. The molecule has 0 unspecified atom stereocenters. The van der Waals surface area contributed by atoms with Gasteiger partial charge in [0.15, 0.2) is 0 Å². The number of nitrogens with one attached hydrogen (secondary N) is 1. The predicted molar refractivity (Wildman–Crippen MR) is 111 cm³/mol. The van der Waals surface area contributed by atoms with Crippen LogP contribution in [0.3, 0.4) is 0 Å². The molecule has 0 atom stereocenters. The lowest BCUT2D eigenvalue weighted by Crippen LogP contribution is -3.00. The van der Waals surface area contributed by atoms with E-state index in [0.717, 1.165) is 24.0 Å². The van der Waals surface area contributed by atoms with E-state index in [4.69, 9.17) is 0 Å². The quantitative estimate of drug-likeness (QED) is 0.260. The van der Waals surface area contributed by atoms with E-state index in [9.17, 15) is 4.79 Å². The van der Waals surface area contributed by atoms with Gasteiger partial charge in [-0.2, -0.15) is 0 Å². The first-order valence-corrected chi connectivity index (χ1v) is 11.1. The smallest absolute Gasteiger partial charge is 0.220 e. The normalized spacial score (nSPS) is 11.2. The standard InChI is InChI=1S/C22H46N2O.BrH/c1-5-7-9-11-12-13-14-15-16-18-22(25)23-19-21-24(3,4)20-17-10-8-6-2;/h5-21H2,1-4H3;1H. The highest BCUT2D eigenvalue weighted by molar-refractivity contribution is 5.75. The van der Waals surface area contributed by atoms with E-state index in [1.54, 1.807) is 0 Å². The van der Waals surface area contributed by atoms with E-state index in [0.29, 0.717) is 6.42 Å². The van der Waals surface area contributed by atoms with Crippen LogP contribution < -0.4 is 22.3 Å². The first-order valence-electron chi connectivity index (χ1n) is 11.1. The summed E-state index contributed by atoms with van der Waals surface area (Å²) in [5.41, 5.74) is 0. The number of quaternary nitrogens is 1. The molecule has 158 valence electrons. The van der Waals surface area contributed by atoms with Gasteiger partial charge in [-0.25, -0.2) is 0 Å². The number of carbonyl (C=O) groups is 1. The molecule has 26 heavy (non-hydrogen) atoms. The fourth-order valence-corrected chi connectivity index (χ4v) is 3.26. The van der Waals surface area contributed by atoms with Gasteiger partial charge >= 0.3 is 0 Å². The van der Waals surface area contributed by atoms with Crippen LogP contribution >= 0.6 is 0 Å². The number of unbranched alkanes of at least 4 members (excludes halogenated alkanes) is 11. The summed E-state index contributed by atoms with van der Waals surface area (Å²) in [5, 5.41) is 3.11. The third-order valence-electron chi connectivity index (χ3n) is 5.16. The van der Waals surface area contributed by atoms with Crippen LogP contribution in [0.25, 0.3) is 0 Å². The molecule has 1 N–H and O–H groups in total. The Morgan fingerprint density at radius 1 is 0.692 bits per heavy atom. The zero-order valence-electron chi connectivity index (χ0n) is 18.3. The largest absolute Gasteiger partial charge is 1.00 e.